The van der Waals surface area contributed by atoms with Gasteiger partial charge in [0.1, 0.15) is 5.76 Å². The highest BCUT2D eigenvalue weighted by atomic mass is 16.4. The lowest BCUT2D eigenvalue weighted by atomic mass is 9.81. The molecule has 108 valence electrons. The number of hydrogen-bond acceptors (Lipinski definition) is 4. The molecule has 0 atom stereocenters. The molecule has 1 aliphatic rings. The van der Waals surface area contributed by atoms with Gasteiger partial charge in [-0.2, -0.15) is 0 Å². The van der Waals surface area contributed by atoms with Gasteiger partial charge >= 0.3 is 5.97 Å². The van der Waals surface area contributed by atoms with E-state index in [1.807, 2.05) is 13.8 Å². The van der Waals surface area contributed by atoms with E-state index >= 15 is 0 Å². The minimum atomic E-state index is -1.17. The van der Waals surface area contributed by atoms with Gasteiger partial charge in [-0.1, -0.05) is 13.8 Å². The topological polar surface area (TPSA) is 87.8 Å². The molecule has 0 aromatic carbocycles. The standard InChI is InChI=1S/C14H17NO5/c1-3-14(4-2)7-11(16)15(13(14)19)8-9-5-6-10(20-9)12(17)18/h5-6H,3-4,7-8H2,1-2H3,(H,17,18). The van der Waals surface area contributed by atoms with Crippen LogP contribution in [0.4, 0.5) is 0 Å². The molecule has 6 nitrogen and oxygen atoms in total. The third-order valence-electron chi connectivity index (χ3n) is 4.03. The number of carbonyl (C=O) groups excluding carboxylic acids is 2. The van der Waals surface area contributed by atoms with Crippen LogP contribution in [0.15, 0.2) is 16.5 Å². The van der Waals surface area contributed by atoms with Gasteiger partial charge < -0.3 is 9.52 Å². The van der Waals surface area contributed by atoms with Gasteiger partial charge in [0, 0.05) is 6.42 Å². The highest BCUT2D eigenvalue weighted by Crippen LogP contribution is 2.39. The number of nitrogens with zero attached hydrogens (tertiary/aromatic N) is 1. The molecule has 0 spiro atoms. The van der Waals surface area contributed by atoms with Crippen molar-refractivity contribution in [3.63, 3.8) is 0 Å². The zero-order valence-electron chi connectivity index (χ0n) is 11.5. The van der Waals surface area contributed by atoms with Crippen LogP contribution in [0.25, 0.3) is 0 Å². The molecule has 0 saturated carbocycles. The minimum Gasteiger partial charge on any atom is -0.475 e. The predicted octanol–water partition coefficient (Wildman–Crippen LogP) is 2.04. The molecule has 1 aliphatic heterocycles. The van der Waals surface area contributed by atoms with Crippen LogP contribution in [0.2, 0.25) is 0 Å². The Morgan fingerprint density at radius 2 is 2.00 bits per heavy atom. The Hall–Kier alpha value is -2.11. The van der Waals surface area contributed by atoms with Crippen LogP contribution in [0, 0.1) is 5.41 Å². The fourth-order valence-electron chi connectivity index (χ4n) is 2.56. The van der Waals surface area contributed by atoms with E-state index in [0.717, 1.165) is 4.90 Å². The summed E-state index contributed by atoms with van der Waals surface area (Å²) in [4.78, 5) is 36.3. The first-order valence-corrected chi connectivity index (χ1v) is 6.60. The number of carbonyl (C=O) groups is 3. The van der Waals surface area contributed by atoms with Gasteiger partial charge in [-0.15, -0.1) is 0 Å². The Morgan fingerprint density at radius 1 is 1.35 bits per heavy atom. The summed E-state index contributed by atoms with van der Waals surface area (Å²) in [7, 11) is 0. The van der Waals surface area contributed by atoms with Crippen molar-refractivity contribution in [3.05, 3.63) is 23.7 Å². The maximum absolute atomic E-state index is 12.4. The summed E-state index contributed by atoms with van der Waals surface area (Å²) in [5, 5.41) is 8.78. The first-order valence-electron chi connectivity index (χ1n) is 6.60. The van der Waals surface area contributed by atoms with E-state index in [0.29, 0.717) is 18.6 Å². The summed E-state index contributed by atoms with van der Waals surface area (Å²) in [6.07, 6.45) is 1.44. The largest absolute Gasteiger partial charge is 0.475 e. The summed E-state index contributed by atoms with van der Waals surface area (Å²) in [5.74, 6) is -1.50. The molecule has 6 heteroatoms. The minimum absolute atomic E-state index is 0.00725. The molecule has 20 heavy (non-hydrogen) atoms. The van der Waals surface area contributed by atoms with Crippen LogP contribution in [0.3, 0.4) is 0 Å². The molecule has 2 amide bonds. The third kappa shape index (κ3) is 2.21. The lowest BCUT2D eigenvalue weighted by molar-refractivity contribution is -0.142. The van der Waals surface area contributed by atoms with Gasteiger partial charge in [0.25, 0.3) is 0 Å². The van der Waals surface area contributed by atoms with Crippen molar-refractivity contribution in [2.24, 2.45) is 5.41 Å². The lowest BCUT2D eigenvalue weighted by Gasteiger charge is -2.23. The third-order valence-corrected chi connectivity index (χ3v) is 4.03. The number of amides is 2. The normalized spacial score (nSPS) is 17.8. The van der Waals surface area contributed by atoms with Crippen LogP contribution in [-0.4, -0.2) is 27.8 Å². The molecular formula is C14H17NO5. The highest BCUT2D eigenvalue weighted by molar-refractivity contribution is 6.05. The second-order valence-electron chi connectivity index (χ2n) is 5.02. The van der Waals surface area contributed by atoms with Crippen molar-refractivity contribution in [1.29, 1.82) is 0 Å². The average molecular weight is 279 g/mol. The number of carboxylic acid groups (broad SMARTS) is 1. The first-order chi connectivity index (χ1) is 9.43. The molecule has 2 heterocycles. The molecule has 0 aliphatic carbocycles. The van der Waals surface area contributed by atoms with E-state index in [-0.39, 0.29) is 30.5 Å². The molecule has 1 N–H and O–H groups in total. The van der Waals surface area contributed by atoms with Crippen LogP contribution >= 0.6 is 0 Å². The van der Waals surface area contributed by atoms with Crippen LogP contribution < -0.4 is 0 Å². The molecule has 1 aromatic heterocycles. The molecule has 1 fully saturated rings. The molecule has 0 radical (unpaired) electrons. The molecule has 0 unspecified atom stereocenters. The predicted molar refractivity (Wildman–Crippen MR) is 68.9 cm³/mol. The average Bonchev–Trinajstić information content (AvgIpc) is 2.98. The van der Waals surface area contributed by atoms with E-state index in [1.165, 1.54) is 12.1 Å². The van der Waals surface area contributed by atoms with Crippen molar-refractivity contribution in [1.82, 2.24) is 4.90 Å². The van der Waals surface area contributed by atoms with Crippen molar-refractivity contribution >= 4 is 17.8 Å². The number of carboxylic acids is 1. The summed E-state index contributed by atoms with van der Waals surface area (Å²) < 4.78 is 5.09. The summed E-state index contributed by atoms with van der Waals surface area (Å²) in [6, 6.07) is 2.79. The van der Waals surface area contributed by atoms with Crippen LogP contribution in [0.5, 0.6) is 0 Å². The highest BCUT2D eigenvalue weighted by Gasteiger charge is 2.49. The maximum Gasteiger partial charge on any atom is 0.371 e. The molecular weight excluding hydrogens is 262 g/mol. The monoisotopic (exact) mass is 279 g/mol. The fourth-order valence-corrected chi connectivity index (χ4v) is 2.56. The van der Waals surface area contributed by atoms with Gasteiger partial charge in [-0.3, -0.25) is 14.5 Å². The SMILES string of the molecule is CCC1(CC)CC(=O)N(Cc2ccc(C(=O)O)o2)C1=O. The summed E-state index contributed by atoms with van der Waals surface area (Å²) in [6.45, 7) is 3.79. The summed E-state index contributed by atoms with van der Waals surface area (Å²) >= 11 is 0. The smallest absolute Gasteiger partial charge is 0.371 e. The second-order valence-corrected chi connectivity index (χ2v) is 5.02. The number of likely N-dealkylation sites (tertiary alicyclic amines) is 1. The van der Waals surface area contributed by atoms with Gasteiger partial charge in [0.05, 0.1) is 12.0 Å². The Morgan fingerprint density at radius 3 is 2.45 bits per heavy atom. The fraction of sp³-hybridized carbons (Fsp3) is 0.500. The Kier molecular flexibility index (Phi) is 3.65. The number of aromatic carboxylic acids is 1. The van der Waals surface area contributed by atoms with Crippen LogP contribution in [0.1, 0.15) is 49.4 Å². The van der Waals surface area contributed by atoms with Crippen molar-refractivity contribution < 1.29 is 23.9 Å². The molecule has 0 bridgehead atoms. The molecule has 2 rings (SSSR count). The van der Waals surface area contributed by atoms with E-state index in [1.54, 1.807) is 0 Å². The van der Waals surface area contributed by atoms with Gasteiger partial charge in [0.15, 0.2) is 0 Å². The summed E-state index contributed by atoms with van der Waals surface area (Å²) in [5.41, 5.74) is -0.612. The van der Waals surface area contributed by atoms with E-state index in [4.69, 9.17) is 9.52 Å². The lowest BCUT2D eigenvalue weighted by Crippen LogP contribution is -2.34. The molecule has 1 saturated heterocycles. The van der Waals surface area contributed by atoms with E-state index < -0.39 is 11.4 Å². The zero-order chi connectivity index (χ0) is 14.9. The van der Waals surface area contributed by atoms with Crippen molar-refractivity contribution in [2.75, 3.05) is 0 Å². The quantitative estimate of drug-likeness (QED) is 0.833. The number of rotatable bonds is 5. The number of hydrogen-bond donors (Lipinski definition) is 1. The first kappa shape index (κ1) is 14.3. The van der Waals surface area contributed by atoms with Crippen molar-refractivity contribution in [2.45, 2.75) is 39.7 Å². The number of imide groups is 1. The van der Waals surface area contributed by atoms with E-state index in [2.05, 4.69) is 0 Å². The van der Waals surface area contributed by atoms with Crippen LogP contribution in [-0.2, 0) is 16.1 Å². The van der Waals surface area contributed by atoms with Gasteiger partial charge in [0.2, 0.25) is 17.6 Å². The van der Waals surface area contributed by atoms with Gasteiger partial charge in [-0.25, -0.2) is 4.79 Å². The Bertz CT molecular complexity index is 556. The van der Waals surface area contributed by atoms with E-state index in [9.17, 15) is 14.4 Å². The van der Waals surface area contributed by atoms with Crippen molar-refractivity contribution in [3.8, 4) is 0 Å². The maximum atomic E-state index is 12.4. The Labute approximate surface area is 116 Å². The molecule has 1 aromatic rings. The Balaban J connectivity index is 2.19. The van der Waals surface area contributed by atoms with Gasteiger partial charge in [-0.05, 0) is 25.0 Å². The zero-order valence-corrected chi connectivity index (χ0v) is 11.5. The second kappa shape index (κ2) is 5.11. The number of furan rings is 1.